The number of carbonyl (C=O) groups excluding carboxylic acids is 1. The Morgan fingerprint density at radius 2 is 1.82 bits per heavy atom. The number of para-hydroxylation sites is 1. The zero-order valence-electron chi connectivity index (χ0n) is 10.8. The molecule has 2 aliphatic heterocycles. The van der Waals surface area contributed by atoms with Crippen molar-refractivity contribution in [2.24, 2.45) is 0 Å². The molecule has 1 aromatic rings. The first-order chi connectivity index (χ1) is 7.90. The van der Waals surface area contributed by atoms with E-state index in [1.54, 1.807) is 0 Å². The van der Waals surface area contributed by atoms with Crippen LogP contribution in [0.25, 0.3) is 0 Å². The predicted molar refractivity (Wildman–Crippen MR) is 68.0 cm³/mol. The number of likely N-dealkylation sites (N-methyl/N-ethyl adjacent to an activating group) is 1. The third-order valence-electron chi connectivity index (χ3n) is 4.90. The molecule has 0 saturated carbocycles. The van der Waals surface area contributed by atoms with Crippen LogP contribution >= 0.6 is 0 Å². The highest BCUT2D eigenvalue weighted by Crippen LogP contribution is 2.54. The molecule has 1 unspecified atom stereocenters. The SMILES string of the molecule is CN1C(=O)CN2c3ccccc3C(C)(C)C12C. The number of hydrogen-bond acceptors (Lipinski definition) is 2. The van der Waals surface area contributed by atoms with E-state index in [1.165, 1.54) is 11.3 Å². The number of anilines is 1. The number of amides is 1. The molecule has 3 heteroatoms. The normalized spacial score (nSPS) is 29.5. The molecule has 1 amide bonds. The fourth-order valence-corrected chi connectivity index (χ4v) is 3.39. The molecule has 1 atom stereocenters. The maximum absolute atomic E-state index is 12.0. The fraction of sp³-hybridized carbons (Fsp3) is 0.500. The van der Waals surface area contributed by atoms with E-state index in [2.05, 4.69) is 43.9 Å². The van der Waals surface area contributed by atoms with Crippen LogP contribution in [0.2, 0.25) is 0 Å². The largest absolute Gasteiger partial charge is 0.338 e. The lowest BCUT2D eigenvalue weighted by molar-refractivity contribution is -0.129. The Kier molecular flexibility index (Phi) is 1.77. The molecular formula is C14H18N2O. The Hall–Kier alpha value is -1.51. The lowest BCUT2D eigenvalue weighted by Gasteiger charge is -2.44. The molecule has 0 radical (unpaired) electrons. The fourth-order valence-electron chi connectivity index (χ4n) is 3.39. The molecule has 0 aromatic heterocycles. The first kappa shape index (κ1) is 10.6. The predicted octanol–water partition coefficient (Wildman–Crippen LogP) is 1.97. The van der Waals surface area contributed by atoms with Gasteiger partial charge < -0.3 is 9.80 Å². The molecule has 90 valence electrons. The Labute approximate surface area is 102 Å². The third kappa shape index (κ3) is 0.961. The zero-order chi connectivity index (χ0) is 12.4. The summed E-state index contributed by atoms with van der Waals surface area (Å²) >= 11 is 0. The quantitative estimate of drug-likeness (QED) is 0.680. The summed E-state index contributed by atoms with van der Waals surface area (Å²) in [5.41, 5.74) is 2.25. The number of rotatable bonds is 0. The second-order valence-corrected chi connectivity index (χ2v) is 5.70. The van der Waals surface area contributed by atoms with E-state index in [0.717, 1.165) is 0 Å². The highest BCUT2D eigenvalue weighted by Gasteiger charge is 2.61. The van der Waals surface area contributed by atoms with E-state index in [4.69, 9.17) is 0 Å². The first-order valence-corrected chi connectivity index (χ1v) is 6.04. The van der Waals surface area contributed by atoms with Crippen LogP contribution in [0, 0.1) is 0 Å². The van der Waals surface area contributed by atoms with Gasteiger partial charge in [-0.1, -0.05) is 32.0 Å². The molecule has 0 bridgehead atoms. The van der Waals surface area contributed by atoms with Crippen LogP contribution in [0.3, 0.4) is 0 Å². The third-order valence-corrected chi connectivity index (χ3v) is 4.90. The van der Waals surface area contributed by atoms with Crippen LogP contribution in [-0.4, -0.2) is 30.1 Å². The smallest absolute Gasteiger partial charge is 0.243 e. The van der Waals surface area contributed by atoms with Crippen LogP contribution in [0.4, 0.5) is 5.69 Å². The van der Waals surface area contributed by atoms with Gasteiger partial charge in [-0.05, 0) is 18.6 Å². The molecule has 1 fully saturated rings. The topological polar surface area (TPSA) is 23.6 Å². The van der Waals surface area contributed by atoms with Gasteiger partial charge in [-0.3, -0.25) is 4.79 Å². The summed E-state index contributed by atoms with van der Waals surface area (Å²) in [6.07, 6.45) is 0. The van der Waals surface area contributed by atoms with Crippen molar-refractivity contribution in [1.82, 2.24) is 4.90 Å². The van der Waals surface area contributed by atoms with E-state index in [9.17, 15) is 4.79 Å². The average molecular weight is 230 g/mol. The van der Waals surface area contributed by atoms with Crippen molar-refractivity contribution in [2.75, 3.05) is 18.5 Å². The summed E-state index contributed by atoms with van der Waals surface area (Å²) in [5.74, 6) is 0.204. The molecule has 0 aliphatic carbocycles. The van der Waals surface area contributed by atoms with Crippen molar-refractivity contribution in [2.45, 2.75) is 31.8 Å². The minimum Gasteiger partial charge on any atom is -0.338 e. The first-order valence-electron chi connectivity index (χ1n) is 6.04. The maximum atomic E-state index is 12.0. The van der Waals surface area contributed by atoms with Crippen molar-refractivity contribution in [3.05, 3.63) is 29.8 Å². The van der Waals surface area contributed by atoms with Gasteiger partial charge in [0.15, 0.2) is 0 Å². The Balaban J connectivity index is 2.28. The molecule has 1 saturated heterocycles. The van der Waals surface area contributed by atoms with Gasteiger partial charge in [0.25, 0.3) is 0 Å². The minimum atomic E-state index is -0.242. The molecule has 2 aliphatic rings. The second kappa shape index (κ2) is 2.84. The lowest BCUT2D eigenvalue weighted by Crippen LogP contribution is -2.58. The lowest BCUT2D eigenvalue weighted by atomic mass is 9.76. The Morgan fingerprint density at radius 1 is 1.18 bits per heavy atom. The van der Waals surface area contributed by atoms with E-state index >= 15 is 0 Å². The number of hydrogen-bond donors (Lipinski definition) is 0. The van der Waals surface area contributed by atoms with Crippen LogP contribution in [-0.2, 0) is 10.2 Å². The van der Waals surface area contributed by atoms with Crippen molar-refractivity contribution in [3.63, 3.8) is 0 Å². The van der Waals surface area contributed by atoms with Gasteiger partial charge in [-0.15, -0.1) is 0 Å². The van der Waals surface area contributed by atoms with Gasteiger partial charge in [0.2, 0.25) is 5.91 Å². The van der Waals surface area contributed by atoms with Gasteiger partial charge in [0.1, 0.15) is 5.66 Å². The number of carbonyl (C=O) groups is 1. The van der Waals surface area contributed by atoms with Crippen LogP contribution in [0.15, 0.2) is 24.3 Å². The number of benzene rings is 1. The van der Waals surface area contributed by atoms with Crippen LogP contribution in [0.1, 0.15) is 26.3 Å². The van der Waals surface area contributed by atoms with Crippen LogP contribution < -0.4 is 4.90 Å². The highest BCUT2D eigenvalue weighted by molar-refractivity contribution is 5.90. The number of fused-ring (bicyclic) bond motifs is 3. The summed E-state index contributed by atoms with van der Waals surface area (Å²) < 4.78 is 0. The van der Waals surface area contributed by atoms with Gasteiger partial charge in [-0.2, -0.15) is 0 Å². The summed E-state index contributed by atoms with van der Waals surface area (Å²) in [7, 11) is 1.91. The van der Waals surface area contributed by atoms with E-state index in [0.29, 0.717) is 6.54 Å². The monoisotopic (exact) mass is 230 g/mol. The van der Waals surface area contributed by atoms with Crippen molar-refractivity contribution in [1.29, 1.82) is 0 Å². The van der Waals surface area contributed by atoms with Crippen LogP contribution in [0.5, 0.6) is 0 Å². The zero-order valence-corrected chi connectivity index (χ0v) is 10.8. The highest BCUT2D eigenvalue weighted by atomic mass is 16.2. The molecule has 3 nitrogen and oxygen atoms in total. The van der Waals surface area contributed by atoms with Crippen molar-refractivity contribution >= 4 is 11.6 Å². The van der Waals surface area contributed by atoms with Gasteiger partial charge >= 0.3 is 0 Å². The molecule has 0 spiro atoms. The minimum absolute atomic E-state index is 0.0511. The van der Waals surface area contributed by atoms with E-state index in [1.807, 2.05) is 18.0 Å². The van der Waals surface area contributed by atoms with E-state index in [-0.39, 0.29) is 17.0 Å². The standard InChI is InChI=1S/C14H18N2O/c1-13(2)10-7-5-6-8-11(10)16-9-12(17)15(4)14(13,16)3/h5-8H,9H2,1-4H3. The summed E-state index contributed by atoms with van der Waals surface area (Å²) in [6, 6.07) is 8.42. The molecule has 1 aromatic carbocycles. The van der Waals surface area contributed by atoms with Crippen molar-refractivity contribution in [3.8, 4) is 0 Å². The molecule has 2 heterocycles. The molecule has 17 heavy (non-hydrogen) atoms. The maximum Gasteiger partial charge on any atom is 0.243 e. The Bertz CT molecular complexity index is 509. The number of nitrogens with zero attached hydrogens (tertiary/aromatic N) is 2. The van der Waals surface area contributed by atoms with Crippen molar-refractivity contribution < 1.29 is 4.79 Å². The molecular weight excluding hydrogens is 212 g/mol. The average Bonchev–Trinajstić information content (AvgIpc) is 2.63. The van der Waals surface area contributed by atoms with Gasteiger partial charge in [0, 0.05) is 18.2 Å². The second-order valence-electron chi connectivity index (χ2n) is 5.70. The molecule has 0 N–H and O–H groups in total. The Morgan fingerprint density at radius 3 is 2.53 bits per heavy atom. The van der Waals surface area contributed by atoms with E-state index < -0.39 is 0 Å². The molecule has 3 rings (SSSR count). The summed E-state index contributed by atoms with van der Waals surface area (Å²) in [5, 5.41) is 0. The summed E-state index contributed by atoms with van der Waals surface area (Å²) in [6.45, 7) is 7.10. The van der Waals surface area contributed by atoms with Gasteiger partial charge in [0.05, 0.1) is 6.54 Å². The summed E-state index contributed by atoms with van der Waals surface area (Å²) in [4.78, 5) is 16.1. The van der Waals surface area contributed by atoms with Gasteiger partial charge in [-0.25, -0.2) is 0 Å².